The lowest BCUT2D eigenvalue weighted by Crippen LogP contribution is -2.15. The van der Waals surface area contributed by atoms with E-state index in [2.05, 4.69) is 5.32 Å². The Morgan fingerprint density at radius 3 is 2.57 bits per heavy atom. The van der Waals surface area contributed by atoms with Gasteiger partial charge in [0, 0.05) is 11.6 Å². The molecule has 0 aliphatic carbocycles. The zero-order valence-corrected chi connectivity index (χ0v) is 11.0. The Hall–Kier alpha value is -2.47. The number of benzene rings is 2. The van der Waals surface area contributed by atoms with Crippen molar-refractivity contribution in [2.24, 2.45) is 0 Å². The SMILES string of the molecule is O=C(Nc1cc(F)cc(F)c1CO)OCc1ccccc1. The van der Waals surface area contributed by atoms with E-state index in [1.807, 2.05) is 6.07 Å². The summed E-state index contributed by atoms with van der Waals surface area (Å²) in [7, 11) is 0. The zero-order chi connectivity index (χ0) is 15.2. The van der Waals surface area contributed by atoms with Crippen LogP contribution in [-0.4, -0.2) is 11.2 Å². The van der Waals surface area contributed by atoms with Crippen molar-refractivity contribution in [1.82, 2.24) is 0 Å². The molecule has 0 aromatic heterocycles. The fourth-order valence-corrected chi connectivity index (χ4v) is 1.74. The van der Waals surface area contributed by atoms with E-state index < -0.39 is 24.3 Å². The second-order valence-corrected chi connectivity index (χ2v) is 4.26. The molecule has 2 N–H and O–H groups in total. The maximum Gasteiger partial charge on any atom is 0.411 e. The molecular weight excluding hydrogens is 280 g/mol. The molecule has 0 saturated heterocycles. The molecule has 6 heteroatoms. The lowest BCUT2D eigenvalue weighted by molar-refractivity contribution is 0.155. The summed E-state index contributed by atoms with van der Waals surface area (Å²) in [5.41, 5.74) is 0.418. The Bertz CT molecular complexity index is 632. The maximum atomic E-state index is 13.4. The Balaban J connectivity index is 2.03. The van der Waals surface area contributed by atoms with Crippen LogP contribution in [0, 0.1) is 11.6 Å². The number of anilines is 1. The van der Waals surface area contributed by atoms with E-state index in [9.17, 15) is 13.6 Å². The van der Waals surface area contributed by atoms with Crippen molar-refractivity contribution < 1.29 is 23.4 Å². The van der Waals surface area contributed by atoms with Gasteiger partial charge in [0.25, 0.3) is 0 Å². The van der Waals surface area contributed by atoms with Crippen LogP contribution in [0.3, 0.4) is 0 Å². The third-order valence-electron chi connectivity index (χ3n) is 2.77. The quantitative estimate of drug-likeness (QED) is 0.910. The number of hydrogen-bond donors (Lipinski definition) is 2. The second-order valence-electron chi connectivity index (χ2n) is 4.26. The minimum atomic E-state index is -0.934. The van der Waals surface area contributed by atoms with E-state index in [1.165, 1.54) is 0 Å². The van der Waals surface area contributed by atoms with E-state index in [1.54, 1.807) is 24.3 Å². The molecule has 4 nitrogen and oxygen atoms in total. The van der Waals surface area contributed by atoms with E-state index in [0.29, 0.717) is 6.07 Å². The third-order valence-corrected chi connectivity index (χ3v) is 2.77. The van der Waals surface area contributed by atoms with Crippen molar-refractivity contribution in [1.29, 1.82) is 0 Å². The zero-order valence-electron chi connectivity index (χ0n) is 11.0. The summed E-state index contributed by atoms with van der Waals surface area (Å²) in [6, 6.07) is 10.5. The molecule has 0 unspecified atom stereocenters. The number of halogens is 2. The number of amides is 1. The Morgan fingerprint density at radius 2 is 1.90 bits per heavy atom. The summed E-state index contributed by atoms with van der Waals surface area (Å²) < 4.78 is 31.5. The average molecular weight is 293 g/mol. The van der Waals surface area contributed by atoms with Gasteiger partial charge in [-0.1, -0.05) is 30.3 Å². The van der Waals surface area contributed by atoms with Crippen LogP contribution < -0.4 is 5.32 Å². The van der Waals surface area contributed by atoms with Crippen LogP contribution in [0.5, 0.6) is 0 Å². The highest BCUT2D eigenvalue weighted by atomic mass is 19.1. The number of aliphatic hydroxyl groups is 1. The molecule has 0 spiro atoms. The van der Waals surface area contributed by atoms with Gasteiger partial charge in [-0.05, 0) is 11.6 Å². The Kier molecular flexibility index (Phi) is 4.84. The predicted molar refractivity (Wildman–Crippen MR) is 72.5 cm³/mol. The first kappa shape index (κ1) is 14.9. The first-order chi connectivity index (χ1) is 10.1. The number of ether oxygens (including phenoxy) is 1. The molecule has 0 fully saturated rings. The highest BCUT2D eigenvalue weighted by molar-refractivity contribution is 5.85. The molecule has 1 amide bonds. The van der Waals surface area contributed by atoms with Gasteiger partial charge in [0.2, 0.25) is 0 Å². The number of carbonyl (C=O) groups is 1. The van der Waals surface area contributed by atoms with Crippen LogP contribution in [0.4, 0.5) is 19.3 Å². The number of rotatable bonds is 4. The molecule has 21 heavy (non-hydrogen) atoms. The van der Waals surface area contributed by atoms with Crippen LogP contribution in [0.25, 0.3) is 0 Å². The molecule has 0 aliphatic heterocycles. The van der Waals surface area contributed by atoms with Gasteiger partial charge in [0.15, 0.2) is 0 Å². The molecule has 0 heterocycles. The van der Waals surface area contributed by atoms with Crippen LogP contribution in [0.15, 0.2) is 42.5 Å². The fourth-order valence-electron chi connectivity index (χ4n) is 1.74. The molecular formula is C15H13F2NO3. The van der Waals surface area contributed by atoms with Crippen LogP contribution in [0.2, 0.25) is 0 Å². The van der Waals surface area contributed by atoms with Gasteiger partial charge in [0.1, 0.15) is 18.2 Å². The van der Waals surface area contributed by atoms with Gasteiger partial charge in [-0.3, -0.25) is 5.32 Å². The summed E-state index contributed by atoms with van der Waals surface area (Å²) in [5, 5.41) is 11.3. The first-order valence-corrected chi connectivity index (χ1v) is 6.16. The normalized spacial score (nSPS) is 10.2. The van der Waals surface area contributed by atoms with Gasteiger partial charge < -0.3 is 9.84 Å². The van der Waals surface area contributed by atoms with Gasteiger partial charge >= 0.3 is 6.09 Å². The third kappa shape index (κ3) is 4.00. The monoisotopic (exact) mass is 293 g/mol. The van der Waals surface area contributed by atoms with E-state index >= 15 is 0 Å². The van der Waals surface area contributed by atoms with Crippen molar-refractivity contribution in [2.45, 2.75) is 13.2 Å². The molecule has 110 valence electrons. The highest BCUT2D eigenvalue weighted by Crippen LogP contribution is 2.21. The van der Waals surface area contributed by atoms with Crippen LogP contribution in [-0.2, 0) is 18.0 Å². The first-order valence-electron chi connectivity index (χ1n) is 6.16. The Morgan fingerprint density at radius 1 is 1.19 bits per heavy atom. The van der Waals surface area contributed by atoms with E-state index in [0.717, 1.165) is 11.6 Å². The summed E-state index contributed by atoms with van der Waals surface area (Å²) >= 11 is 0. The van der Waals surface area contributed by atoms with Crippen molar-refractivity contribution in [3.8, 4) is 0 Å². The average Bonchev–Trinajstić information content (AvgIpc) is 2.46. The smallest absolute Gasteiger partial charge is 0.411 e. The molecule has 0 radical (unpaired) electrons. The van der Waals surface area contributed by atoms with Crippen molar-refractivity contribution in [3.05, 3.63) is 65.2 Å². The predicted octanol–water partition coefficient (Wildman–Crippen LogP) is 3.21. The number of hydrogen-bond acceptors (Lipinski definition) is 3. The largest absolute Gasteiger partial charge is 0.444 e. The maximum absolute atomic E-state index is 13.4. The lowest BCUT2D eigenvalue weighted by atomic mass is 10.1. The lowest BCUT2D eigenvalue weighted by Gasteiger charge is -2.11. The van der Waals surface area contributed by atoms with Crippen LogP contribution in [0.1, 0.15) is 11.1 Å². The molecule has 0 bridgehead atoms. The minimum absolute atomic E-state index is 0.0267. The molecule has 0 saturated carbocycles. The molecule has 2 aromatic carbocycles. The van der Waals surface area contributed by atoms with Crippen molar-refractivity contribution in [3.63, 3.8) is 0 Å². The fraction of sp³-hybridized carbons (Fsp3) is 0.133. The van der Waals surface area contributed by atoms with Gasteiger partial charge in [-0.2, -0.15) is 0 Å². The highest BCUT2D eigenvalue weighted by Gasteiger charge is 2.13. The number of carbonyl (C=O) groups excluding carboxylic acids is 1. The summed E-state index contributed by atoms with van der Waals surface area (Å²) in [5.74, 6) is -1.79. The van der Waals surface area contributed by atoms with Crippen molar-refractivity contribution in [2.75, 3.05) is 5.32 Å². The second kappa shape index (κ2) is 6.81. The van der Waals surface area contributed by atoms with E-state index in [4.69, 9.17) is 9.84 Å². The van der Waals surface area contributed by atoms with Gasteiger partial charge in [0.05, 0.1) is 12.3 Å². The molecule has 0 atom stereocenters. The minimum Gasteiger partial charge on any atom is -0.444 e. The van der Waals surface area contributed by atoms with Gasteiger partial charge in [-0.15, -0.1) is 0 Å². The summed E-state index contributed by atoms with van der Waals surface area (Å²) in [6.07, 6.45) is -0.862. The molecule has 2 aromatic rings. The van der Waals surface area contributed by atoms with E-state index in [-0.39, 0.29) is 17.9 Å². The number of aliphatic hydroxyl groups excluding tert-OH is 1. The van der Waals surface area contributed by atoms with Crippen LogP contribution >= 0.6 is 0 Å². The standard InChI is InChI=1S/C15H13F2NO3/c16-11-6-13(17)12(8-19)14(7-11)18-15(20)21-9-10-4-2-1-3-5-10/h1-7,19H,8-9H2,(H,18,20). The summed E-state index contributed by atoms with van der Waals surface area (Å²) in [6.45, 7) is -0.640. The topological polar surface area (TPSA) is 58.6 Å². The van der Waals surface area contributed by atoms with Gasteiger partial charge in [-0.25, -0.2) is 13.6 Å². The number of nitrogens with one attached hydrogen (secondary N) is 1. The Labute approximate surface area is 120 Å². The summed E-state index contributed by atoms with van der Waals surface area (Å²) in [4.78, 5) is 11.6. The van der Waals surface area contributed by atoms with Crippen molar-refractivity contribution >= 4 is 11.8 Å². The molecule has 0 aliphatic rings. The molecule has 2 rings (SSSR count).